The number of hydrogen-bond acceptors (Lipinski definition) is 14. The van der Waals surface area contributed by atoms with Gasteiger partial charge < -0.3 is 34.2 Å². The molecule has 0 radical (unpaired) electrons. The Balaban J connectivity index is 4.58. The van der Waals surface area contributed by atoms with Crippen LogP contribution in [0.5, 0.6) is 0 Å². The van der Waals surface area contributed by atoms with E-state index in [-0.39, 0.29) is 19.3 Å². The molecule has 0 heterocycles. The molecule has 0 aromatic heterocycles. The molecule has 0 saturated heterocycles. The van der Waals surface area contributed by atoms with E-state index in [4.69, 9.17) is 32.3 Å². The molecule has 16 nitrogen and oxygen atoms in total. The van der Waals surface area contributed by atoms with Gasteiger partial charge in [0, 0.05) is 19.3 Å². The quantitative estimate of drug-likeness (QED) is 0.0146. The van der Waals surface area contributed by atoms with Crippen LogP contribution in [0.1, 0.15) is 457 Å². The van der Waals surface area contributed by atoms with Crippen molar-refractivity contribution in [3.8, 4) is 0 Å². The topological polar surface area (TPSA) is 231 Å². The van der Waals surface area contributed by atoms with Gasteiger partial charge in [-0.15, -0.1) is 0 Å². The zero-order valence-corrected chi connectivity index (χ0v) is 85.2. The molecule has 0 aliphatic carbocycles. The van der Waals surface area contributed by atoms with Crippen LogP contribution in [-0.2, 0) is 55.8 Å². The van der Waals surface area contributed by atoms with Crippen molar-refractivity contribution in [3.63, 3.8) is 0 Å². The summed E-state index contributed by atoms with van der Waals surface area (Å²) < 4.78 is 61.8. The number of esters is 3. The molecule has 0 aromatic rings. The molecule has 0 bridgehead atoms. The number of phosphoric acid groups is 2. The third kappa shape index (κ3) is 105. The molecule has 18 heteroatoms. The number of aliphatic hydroxyl groups is 2. The lowest BCUT2D eigenvalue weighted by Gasteiger charge is -2.21. The monoisotopic (exact) mass is 1870 g/mol. The minimum atomic E-state index is -4.95. The summed E-state index contributed by atoms with van der Waals surface area (Å²) in [6, 6.07) is 0. The number of unbranched alkanes of at least 4 members (excludes halogenated alkanes) is 47. The largest absolute Gasteiger partial charge is 0.472 e. The van der Waals surface area contributed by atoms with Crippen molar-refractivity contribution in [1.82, 2.24) is 0 Å². The number of carbonyl (C=O) groups is 3. The molecule has 131 heavy (non-hydrogen) atoms. The van der Waals surface area contributed by atoms with Crippen LogP contribution in [-0.4, -0.2) is 95.9 Å². The van der Waals surface area contributed by atoms with Crippen molar-refractivity contribution < 1.29 is 75.8 Å². The maximum absolute atomic E-state index is 13.1. The molecule has 0 spiro atoms. The first-order valence-corrected chi connectivity index (χ1v) is 56.1. The summed E-state index contributed by atoms with van der Waals surface area (Å²) in [6.45, 7) is 2.50. The first kappa shape index (κ1) is 126. The number of aliphatic hydroxyl groups excluding tert-OH is 2. The Hall–Kier alpha value is -5.35. The second kappa shape index (κ2) is 104. The number of carbonyl (C=O) groups excluding carboxylic acids is 3. The van der Waals surface area contributed by atoms with E-state index < -0.39 is 91.5 Å². The second-order valence-corrected chi connectivity index (χ2v) is 38.2. The molecule has 0 fully saturated rings. The highest BCUT2D eigenvalue weighted by atomic mass is 31.2. The Morgan fingerprint density at radius 2 is 0.405 bits per heavy atom. The van der Waals surface area contributed by atoms with Crippen molar-refractivity contribution in [1.29, 1.82) is 0 Å². The molecule has 0 rings (SSSR count). The van der Waals surface area contributed by atoms with Crippen LogP contribution in [0.4, 0.5) is 0 Å². The highest BCUT2D eigenvalue weighted by molar-refractivity contribution is 7.47. The van der Waals surface area contributed by atoms with Crippen LogP contribution in [0.25, 0.3) is 0 Å². The third-order valence-electron chi connectivity index (χ3n) is 22.6. The Kier molecular flexibility index (Phi) is 99.3. The van der Waals surface area contributed by atoms with Gasteiger partial charge >= 0.3 is 33.6 Å². The minimum Gasteiger partial charge on any atom is -0.463 e. The molecule has 0 aliphatic rings. The zero-order chi connectivity index (χ0) is 95.0. The van der Waals surface area contributed by atoms with E-state index in [9.17, 15) is 43.5 Å². The fraction of sp³-hybridized carbons (Fsp3) is 0.708. The standard InChI is InChI=1S/C113H194O16P2/c1-4-7-10-13-16-19-22-25-28-31-34-37-40-43-46-48-50-52-53-55-57-58-61-63-66-69-72-75-78-81-84-87-90-93-96-99-111(116)123-102-108(114)103-125-130(119,120)126-104-109(115)105-127-131(121,122)128-107-110(129-113(118)101-98-95-92-89-86-83-80-77-74-71-68-65-60-45-42-39-36-33-30-27-24-21-18-15-12-9-6-3)106-124-112(117)100-97-94-91-88-85-82-79-76-73-70-67-64-62-59-56-54-51-49-47-44-41-38-35-32-29-26-23-20-17-14-11-8-5-2/h7,9-10,12,16-21,25-30,34-39,43-47,60,68,71,108-110,114-115H,4-6,8,11,13-15,22-24,31-33,40-42,48-59,61-67,69-70,72-107H2,1-3H3,(H,119,120)(H,121,122)/b10-7-,12-9-,19-16-,20-17-,21-18-,28-25-,29-26-,30-27-,37-34-,38-35-,39-36-,46-43-,47-44-,60-45-,71-68-. The minimum absolute atomic E-state index is 0.0912. The van der Waals surface area contributed by atoms with Crippen LogP contribution < -0.4 is 0 Å². The van der Waals surface area contributed by atoms with Crippen molar-refractivity contribution in [3.05, 3.63) is 182 Å². The smallest absolute Gasteiger partial charge is 0.463 e. The zero-order valence-electron chi connectivity index (χ0n) is 83.5. The summed E-state index contributed by atoms with van der Waals surface area (Å²) >= 11 is 0. The summed E-state index contributed by atoms with van der Waals surface area (Å²) in [5, 5.41) is 20.8. The van der Waals surface area contributed by atoms with Crippen LogP contribution in [0.15, 0.2) is 182 Å². The van der Waals surface area contributed by atoms with E-state index in [1.165, 1.54) is 225 Å². The van der Waals surface area contributed by atoms with Crippen LogP contribution in [0.3, 0.4) is 0 Å². The van der Waals surface area contributed by atoms with E-state index >= 15 is 0 Å². The summed E-state index contributed by atoms with van der Waals surface area (Å²) in [4.78, 5) is 59.3. The number of hydrogen-bond donors (Lipinski definition) is 4. The van der Waals surface area contributed by atoms with Gasteiger partial charge in [0.25, 0.3) is 0 Å². The van der Waals surface area contributed by atoms with Crippen molar-refractivity contribution >= 4 is 33.6 Å². The molecule has 752 valence electrons. The van der Waals surface area contributed by atoms with E-state index in [1.54, 1.807) is 0 Å². The number of phosphoric ester groups is 2. The van der Waals surface area contributed by atoms with E-state index in [2.05, 4.69) is 203 Å². The van der Waals surface area contributed by atoms with Crippen LogP contribution in [0.2, 0.25) is 0 Å². The number of rotatable bonds is 100. The van der Waals surface area contributed by atoms with Crippen LogP contribution in [0, 0.1) is 0 Å². The predicted octanol–water partition coefficient (Wildman–Crippen LogP) is 33.9. The van der Waals surface area contributed by atoms with E-state index in [0.29, 0.717) is 19.3 Å². The van der Waals surface area contributed by atoms with Gasteiger partial charge in [0.2, 0.25) is 0 Å². The average Bonchev–Trinajstić information content (AvgIpc) is 0.897. The summed E-state index contributed by atoms with van der Waals surface area (Å²) in [5.41, 5.74) is 0. The average molecular weight is 1870 g/mol. The van der Waals surface area contributed by atoms with E-state index in [1.807, 2.05) is 0 Å². The lowest BCUT2D eigenvalue weighted by Crippen LogP contribution is -2.30. The maximum Gasteiger partial charge on any atom is 0.472 e. The summed E-state index contributed by atoms with van der Waals surface area (Å²) in [7, 11) is -9.82. The van der Waals surface area contributed by atoms with Gasteiger partial charge in [-0.2, -0.15) is 0 Å². The highest BCUT2D eigenvalue weighted by Crippen LogP contribution is 2.45. The fourth-order valence-electron chi connectivity index (χ4n) is 14.7. The fourth-order valence-corrected chi connectivity index (χ4v) is 16.2. The van der Waals surface area contributed by atoms with Gasteiger partial charge in [-0.05, 0) is 161 Å². The van der Waals surface area contributed by atoms with Gasteiger partial charge in [-0.1, -0.05) is 460 Å². The molecule has 0 aromatic carbocycles. The van der Waals surface area contributed by atoms with Crippen molar-refractivity contribution in [2.24, 2.45) is 0 Å². The summed E-state index contributed by atoms with van der Waals surface area (Å²) in [5.74, 6) is -1.57. The van der Waals surface area contributed by atoms with Crippen molar-refractivity contribution in [2.75, 3.05) is 39.6 Å². The Labute approximate surface area is 802 Å². The number of ether oxygens (including phenoxy) is 3. The van der Waals surface area contributed by atoms with Crippen LogP contribution >= 0.6 is 15.6 Å². The Morgan fingerprint density at radius 3 is 0.641 bits per heavy atom. The lowest BCUT2D eigenvalue weighted by molar-refractivity contribution is -0.161. The molecule has 5 atom stereocenters. The highest BCUT2D eigenvalue weighted by Gasteiger charge is 2.30. The van der Waals surface area contributed by atoms with Gasteiger partial charge in [0.1, 0.15) is 25.4 Å². The molecule has 0 saturated carbocycles. The normalized spacial score (nSPS) is 14.3. The van der Waals surface area contributed by atoms with Gasteiger partial charge in [0.05, 0.1) is 26.4 Å². The SMILES string of the molecule is CC/C=C\C/C=C\C/C=C\C/C=C\C/C=C\C/C=C\CCCCCCCCCCC(=O)OC(COC(=O)CCCCCCCCCCCCCCCCCCC/C=C\C/C=C\C/C=C\C/C=C\CCCCC)COP(=O)(O)OCC(O)COP(=O)(O)OCC(O)COC(=O)CCCCCCCCCCCCCCCCCCCCC/C=C\C/C=C\C/C=C\C/C=C\C/C=C\CC. The molecule has 4 N–H and O–H groups in total. The molecule has 0 aliphatic heterocycles. The second-order valence-electron chi connectivity index (χ2n) is 35.3. The van der Waals surface area contributed by atoms with Gasteiger partial charge in [-0.25, -0.2) is 9.13 Å². The first-order valence-electron chi connectivity index (χ1n) is 53.1. The van der Waals surface area contributed by atoms with E-state index in [0.717, 1.165) is 173 Å². The number of allylic oxidation sites excluding steroid dienone is 30. The predicted molar refractivity (Wildman–Crippen MR) is 555 cm³/mol. The molecule has 0 amide bonds. The first-order chi connectivity index (χ1) is 64.2. The molecule has 5 unspecified atom stereocenters. The van der Waals surface area contributed by atoms with Gasteiger partial charge in [-0.3, -0.25) is 32.5 Å². The van der Waals surface area contributed by atoms with Crippen molar-refractivity contribution in [2.45, 2.75) is 476 Å². The lowest BCUT2D eigenvalue weighted by atomic mass is 10.0. The third-order valence-corrected chi connectivity index (χ3v) is 24.5. The molecular weight excluding hydrogens is 1680 g/mol. The Bertz CT molecular complexity index is 3110. The molecular formula is C113H194O16P2. The maximum atomic E-state index is 13.1. The Morgan fingerprint density at radius 1 is 0.221 bits per heavy atom. The summed E-state index contributed by atoms with van der Waals surface area (Å²) in [6.07, 6.45) is 138. The van der Waals surface area contributed by atoms with Gasteiger partial charge in [0.15, 0.2) is 6.10 Å².